The molecule has 0 saturated carbocycles. The first-order valence-corrected chi connectivity index (χ1v) is 7.68. The van der Waals surface area contributed by atoms with Gasteiger partial charge >= 0.3 is 0 Å². The second-order valence-corrected chi connectivity index (χ2v) is 6.67. The molecule has 1 aromatic carbocycles. The van der Waals surface area contributed by atoms with E-state index in [-0.39, 0.29) is 22.2 Å². The predicted octanol–water partition coefficient (Wildman–Crippen LogP) is -0.650. The van der Waals surface area contributed by atoms with E-state index in [2.05, 4.69) is 4.72 Å². The van der Waals surface area contributed by atoms with Gasteiger partial charge in [0.05, 0.1) is 5.69 Å². The van der Waals surface area contributed by atoms with E-state index >= 15 is 0 Å². The fourth-order valence-corrected chi connectivity index (χ4v) is 3.64. The Hall–Kier alpha value is -1.64. The molecule has 7 nitrogen and oxygen atoms in total. The van der Waals surface area contributed by atoms with Crippen molar-refractivity contribution in [2.45, 2.75) is 17.4 Å². The van der Waals surface area contributed by atoms with Crippen molar-refractivity contribution >= 4 is 21.6 Å². The molecular weight excluding hydrogens is 280 g/mol. The summed E-state index contributed by atoms with van der Waals surface area (Å²) < 4.78 is 27.2. The summed E-state index contributed by atoms with van der Waals surface area (Å²) >= 11 is 0. The smallest absolute Gasteiger partial charge is 0.248 e. The van der Waals surface area contributed by atoms with Crippen LogP contribution in [0.1, 0.15) is 16.8 Å². The zero-order valence-electron chi connectivity index (χ0n) is 11.2. The van der Waals surface area contributed by atoms with Crippen LogP contribution in [0, 0.1) is 0 Å². The Morgan fingerprint density at radius 2 is 2.15 bits per heavy atom. The number of sulfonamides is 1. The van der Waals surface area contributed by atoms with Gasteiger partial charge in [-0.1, -0.05) is 0 Å². The summed E-state index contributed by atoms with van der Waals surface area (Å²) in [7, 11) is -1.76. The number of hydrogen-bond acceptors (Lipinski definition) is 5. The minimum atomic E-state index is -3.69. The average molecular weight is 298 g/mol. The SMILES string of the molecule is CN1CCC(NS(=O)(=O)c2ccc(C(N)=O)cc2N)C1. The molecule has 0 bridgehead atoms. The quantitative estimate of drug-likeness (QED) is 0.638. The number of nitrogens with one attached hydrogen (secondary N) is 1. The lowest BCUT2D eigenvalue weighted by atomic mass is 10.2. The molecule has 0 radical (unpaired) electrons. The van der Waals surface area contributed by atoms with Crippen LogP contribution in [0.25, 0.3) is 0 Å². The van der Waals surface area contributed by atoms with E-state index in [4.69, 9.17) is 11.5 Å². The number of nitrogens with two attached hydrogens (primary N) is 2. The van der Waals surface area contributed by atoms with Crippen LogP contribution >= 0.6 is 0 Å². The van der Waals surface area contributed by atoms with Crippen LogP contribution in [0.15, 0.2) is 23.1 Å². The molecule has 1 saturated heterocycles. The Morgan fingerprint density at radius 1 is 1.45 bits per heavy atom. The second kappa shape index (κ2) is 5.39. The van der Waals surface area contributed by atoms with E-state index in [9.17, 15) is 13.2 Å². The van der Waals surface area contributed by atoms with Gasteiger partial charge in [-0.05, 0) is 38.2 Å². The summed E-state index contributed by atoms with van der Waals surface area (Å²) in [6, 6.07) is 3.81. The van der Waals surface area contributed by atoms with Gasteiger partial charge in [0, 0.05) is 18.2 Å². The normalized spacial score (nSPS) is 20.1. The maximum absolute atomic E-state index is 12.3. The van der Waals surface area contributed by atoms with E-state index in [0.29, 0.717) is 6.54 Å². The fourth-order valence-electron chi connectivity index (χ4n) is 2.26. The summed E-state index contributed by atoms with van der Waals surface area (Å²) in [6.07, 6.45) is 0.759. The standard InChI is InChI=1S/C12H18N4O3S/c1-16-5-4-9(7-16)15-20(18,19)11-3-2-8(12(14)17)6-10(11)13/h2-3,6,9,15H,4-5,7,13H2,1H3,(H2,14,17). The number of nitrogen functional groups attached to an aromatic ring is 1. The molecule has 1 unspecified atom stereocenters. The second-order valence-electron chi connectivity index (χ2n) is 4.99. The third kappa shape index (κ3) is 3.09. The van der Waals surface area contributed by atoms with Crippen LogP contribution in [0.4, 0.5) is 5.69 Å². The van der Waals surface area contributed by atoms with Gasteiger partial charge < -0.3 is 16.4 Å². The third-order valence-corrected chi connectivity index (χ3v) is 4.89. The van der Waals surface area contributed by atoms with Crippen molar-refractivity contribution in [1.29, 1.82) is 0 Å². The van der Waals surface area contributed by atoms with Gasteiger partial charge in [-0.2, -0.15) is 0 Å². The van der Waals surface area contributed by atoms with Crippen molar-refractivity contribution in [2.24, 2.45) is 5.73 Å². The Balaban J connectivity index is 2.23. The van der Waals surface area contributed by atoms with Crippen LogP contribution in [0.2, 0.25) is 0 Å². The number of carbonyl (C=O) groups is 1. The summed E-state index contributed by atoms with van der Waals surface area (Å²) in [4.78, 5) is 13.0. The molecule has 0 spiro atoms. The lowest BCUT2D eigenvalue weighted by molar-refractivity contribution is 0.1000. The maximum atomic E-state index is 12.3. The van der Waals surface area contributed by atoms with Gasteiger partial charge in [-0.15, -0.1) is 0 Å². The minimum Gasteiger partial charge on any atom is -0.398 e. The number of primary amides is 1. The molecule has 20 heavy (non-hydrogen) atoms. The molecule has 0 aromatic heterocycles. The zero-order chi connectivity index (χ0) is 14.9. The highest BCUT2D eigenvalue weighted by Gasteiger charge is 2.26. The highest BCUT2D eigenvalue weighted by molar-refractivity contribution is 7.89. The number of likely N-dealkylation sites (tertiary alicyclic amines) is 1. The summed E-state index contributed by atoms with van der Waals surface area (Å²) in [5, 5.41) is 0. The van der Waals surface area contributed by atoms with E-state index in [0.717, 1.165) is 13.0 Å². The van der Waals surface area contributed by atoms with Crippen molar-refractivity contribution in [3.63, 3.8) is 0 Å². The number of benzene rings is 1. The fraction of sp³-hybridized carbons (Fsp3) is 0.417. The summed E-state index contributed by atoms with van der Waals surface area (Å²) in [5.74, 6) is -0.647. The Kier molecular flexibility index (Phi) is 3.98. The lowest BCUT2D eigenvalue weighted by Gasteiger charge is -2.14. The van der Waals surface area contributed by atoms with Gasteiger partial charge in [0.15, 0.2) is 0 Å². The first kappa shape index (κ1) is 14.8. The van der Waals surface area contributed by atoms with E-state index in [1.165, 1.54) is 18.2 Å². The highest BCUT2D eigenvalue weighted by Crippen LogP contribution is 2.21. The predicted molar refractivity (Wildman–Crippen MR) is 75.6 cm³/mol. The topological polar surface area (TPSA) is 119 Å². The number of amides is 1. The van der Waals surface area contributed by atoms with E-state index < -0.39 is 15.9 Å². The first-order valence-electron chi connectivity index (χ1n) is 6.20. The molecule has 1 amide bonds. The van der Waals surface area contributed by atoms with Crippen LogP contribution in [-0.4, -0.2) is 45.4 Å². The van der Waals surface area contributed by atoms with Gasteiger partial charge in [0.2, 0.25) is 15.9 Å². The summed E-state index contributed by atoms with van der Waals surface area (Å²) in [6.45, 7) is 1.52. The molecule has 1 aliphatic heterocycles. The molecule has 8 heteroatoms. The molecule has 5 N–H and O–H groups in total. The number of rotatable bonds is 4. The Labute approximate surface area is 118 Å². The molecular formula is C12H18N4O3S. The zero-order valence-corrected chi connectivity index (χ0v) is 12.0. The number of carbonyl (C=O) groups excluding carboxylic acids is 1. The third-order valence-electron chi connectivity index (χ3n) is 3.30. The maximum Gasteiger partial charge on any atom is 0.248 e. The Bertz CT molecular complexity index is 630. The van der Waals surface area contributed by atoms with E-state index in [1.54, 1.807) is 0 Å². The van der Waals surface area contributed by atoms with Gasteiger partial charge in [-0.3, -0.25) is 4.79 Å². The van der Waals surface area contributed by atoms with Crippen LogP contribution in [-0.2, 0) is 10.0 Å². The number of nitrogens with zero attached hydrogens (tertiary/aromatic N) is 1. The molecule has 1 atom stereocenters. The molecule has 1 aliphatic rings. The molecule has 1 fully saturated rings. The molecule has 1 aromatic rings. The molecule has 110 valence electrons. The monoisotopic (exact) mass is 298 g/mol. The van der Waals surface area contributed by atoms with Crippen molar-refractivity contribution in [2.75, 3.05) is 25.9 Å². The molecule has 0 aliphatic carbocycles. The van der Waals surface area contributed by atoms with Gasteiger partial charge in [0.1, 0.15) is 4.90 Å². The Morgan fingerprint density at radius 3 is 2.65 bits per heavy atom. The van der Waals surface area contributed by atoms with E-state index in [1.807, 2.05) is 11.9 Å². The van der Waals surface area contributed by atoms with Crippen LogP contribution in [0.3, 0.4) is 0 Å². The lowest BCUT2D eigenvalue weighted by Crippen LogP contribution is -2.36. The number of anilines is 1. The van der Waals surface area contributed by atoms with Crippen LogP contribution < -0.4 is 16.2 Å². The number of hydrogen-bond donors (Lipinski definition) is 3. The van der Waals surface area contributed by atoms with Crippen molar-refractivity contribution in [3.05, 3.63) is 23.8 Å². The molecule has 1 heterocycles. The van der Waals surface area contributed by atoms with Crippen molar-refractivity contribution in [1.82, 2.24) is 9.62 Å². The summed E-state index contributed by atoms with van der Waals surface area (Å²) in [5.41, 5.74) is 11.0. The van der Waals surface area contributed by atoms with Crippen molar-refractivity contribution in [3.8, 4) is 0 Å². The molecule has 2 rings (SSSR count). The van der Waals surface area contributed by atoms with Crippen molar-refractivity contribution < 1.29 is 13.2 Å². The van der Waals surface area contributed by atoms with Gasteiger partial charge in [0.25, 0.3) is 0 Å². The highest BCUT2D eigenvalue weighted by atomic mass is 32.2. The first-order chi connectivity index (χ1) is 9.29. The van der Waals surface area contributed by atoms with Gasteiger partial charge in [-0.25, -0.2) is 13.1 Å². The van der Waals surface area contributed by atoms with Crippen LogP contribution in [0.5, 0.6) is 0 Å². The minimum absolute atomic E-state index is 0.0140. The number of likely N-dealkylation sites (N-methyl/N-ethyl adjacent to an activating group) is 1. The largest absolute Gasteiger partial charge is 0.398 e. The average Bonchev–Trinajstić information content (AvgIpc) is 2.73.